The molecule has 98 valence electrons. The number of halogens is 1. The maximum Gasteiger partial charge on any atom is 0.180 e. The fourth-order valence-electron chi connectivity index (χ4n) is 2.54. The Morgan fingerprint density at radius 3 is 2.63 bits per heavy atom. The first-order chi connectivity index (χ1) is 9.22. The summed E-state index contributed by atoms with van der Waals surface area (Å²) in [5.41, 5.74) is 7.37. The van der Waals surface area contributed by atoms with Crippen molar-refractivity contribution in [2.75, 3.05) is 5.73 Å². The molecular weight excluding hydrogens is 243 g/mol. The van der Waals surface area contributed by atoms with Gasteiger partial charge < -0.3 is 5.73 Å². The van der Waals surface area contributed by atoms with Crippen molar-refractivity contribution in [3.8, 4) is 11.5 Å². The summed E-state index contributed by atoms with van der Waals surface area (Å²) in [6, 6.07) is 4.76. The molecule has 3 rings (SSSR count). The van der Waals surface area contributed by atoms with Crippen molar-refractivity contribution in [2.24, 2.45) is 0 Å². The van der Waals surface area contributed by atoms with Crippen LogP contribution < -0.4 is 5.73 Å². The van der Waals surface area contributed by atoms with Crippen molar-refractivity contribution in [3.05, 3.63) is 35.9 Å². The third kappa shape index (κ3) is 2.54. The smallest absolute Gasteiger partial charge is 0.180 e. The van der Waals surface area contributed by atoms with Crippen molar-refractivity contribution < 1.29 is 4.39 Å². The minimum Gasteiger partial charge on any atom is -0.384 e. The van der Waals surface area contributed by atoms with Crippen LogP contribution in [0.5, 0.6) is 0 Å². The number of nitrogens with zero attached hydrogens (tertiary/aromatic N) is 3. The highest BCUT2D eigenvalue weighted by atomic mass is 19.1. The summed E-state index contributed by atoms with van der Waals surface area (Å²) in [6.07, 6.45) is 5.92. The third-order valence-corrected chi connectivity index (χ3v) is 3.50. The molecule has 0 bridgehead atoms. The molecule has 4 nitrogen and oxygen atoms in total. The second kappa shape index (κ2) is 4.91. The van der Waals surface area contributed by atoms with Crippen molar-refractivity contribution in [1.29, 1.82) is 0 Å². The number of anilines is 1. The van der Waals surface area contributed by atoms with Gasteiger partial charge in [0.05, 0.1) is 6.20 Å². The lowest BCUT2D eigenvalue weighted by Gasteiger charge is -2.10. The Morgan fingerprint density at radius 2 is 1.95 bits per heavy atom. The van der Waals surface area contributed by atoms with E-state index in [0.717, 1.165) is 24.7 Å². The van der Waals surface area contributed by atoms with E-state index in [4.69, 9.17) is 5.73 Å². The molecule has 0 radical (unpaired) electrons. The molecule has 0 unspecified atom stereocenters. The van der Waals surface area contributed by atoms with Crippen molar-refractivity contribution in [3.63, 3.8) is 0 Å². The van der Waals surface area contributed by atoms with E-state index >= 15 is 0 Å². The summed E-state index contributed by atoms with van der Waals surface area (Å²) in [4.78, 5) is 12.7. The summed E-state index contributed by atoms with van der Waals surface area (Å²) in [5, 5.41) is 0. The number of rotatable bonds is 2. The Kier molecular flexibility index (Phi) is 3.11. The number of hydrogen-bond donors (Lipinski definition) is 1. The molecular formula is C14H15FN4. The van der Waals surface area contributed by atoms with Crippen LogP contribution in [0.4, 0.5) is 10.2 Å². The second-order valence-corrected chi connectivity index (χ2v) is 4.88. The third-order valence-electron chi connectivity index (χ3n) is 3.50. The zero-order valence-corrected chi connectivity index (χ0v) is 10.5. The fraction of sp³-hybridized carbons (Fsp3) is 0.357. The van der Waals surface area contributed by atoms with E-state index < -0.39 is 0 Å². The fourth-order valence-corrected chi connectivity index (χ4v) is 2.54. The normalized spacial score (nSPS) is 15.8. The van der Waals surface area contributed by atoms with E-state index in [2.05, 4.69) is 15.0 Å². The van der Waals surface area contributed by atoms with Gasteiger partial charge in [-0.1, -0.05) is 12.8 Å². The van der Waals surface area contributed by atoms with E-state index in [1.54, 1.807) is 6.07 Å². The molecule has 1 saturated carbocycles. The molecule has 0 amide bonds. The maximum atomic E-state index is 12.9. The number of nitrogen functional groups attached to an aromatic ring is 1. The zero-order valence-electron chi connectivity index (χ0n) is 10.5. The predicted octanol–water partition coefficient (Wildman–Crippen LogP) is 2.92. The van der Waals surface area contributed by atoms with Crippen LogP contribution >= 0.6 is 0 Å². The monoisotopic (exact) mass is 258 g/mol. The van der Waals surface area contributed by atoms with Gasteiger partial charge in [0.1, 0.15) is 17.3 Å². The van der Waals surface area contributed by atoms with Gasteiger partial charge in [-0.25, -0.2) is 19.3 Å². The van der Waals surface area contributed by atoms with Gasteiger partial charge in [0.25, 0.3) is 0 Å². The molecule has 0 atom stereocenters. The first-order valence-electron chi connectivity index (χ1n) is 6.49. The molecule has 5 heteroatoms. The van der Waals surface area contributed by atoms with Crippen LogP contribution in [0, 0.1) is 5.82 Å². The van der Waals surface area contributed by atoms with Crippen molar-refractivity contribution in [1.82, 2.24) is 15.0 Å². The molecule has 0 aromatic carbocycles. The lowest BCUT2D eigenvalue weighted by Crippen LogP contribution is -2.04. The van der Waals surface area contributed by atoms with E-state index in [0.29, 0.717) is 23.3 Å². The molecule has 0 aliphatic heterocycles. The molecule has 1 aliphatic carbocycles. The number of aromatic nitrogens is 3. The Hall–Kier alpha value is -2.04. The second-order valence-electron chi connectivity index (χ2n) is 4.88. The highest BCUT2D eigenvalue weighted by Gasteiger charge is 2.20. The van der Waals surface area contributed by atoms with Gasteiger partial charge in [-0.15, -0.1) is 0 Å². The van der Waals surface area contributed by atoms with Crippen LogP contribution in [0.2, 0.25) is 0 Å². The van der Waals surface area contributed by atoms with Crippen molar-refractivity contribution in [2.45, 2.75) is 31.6 Å². The number of hydrogen-bond acceptors (Lipinski definition) is 4. The summed E-state index contributed by atoms with van der Waals surface area (Å²) in [6.45, 7) is 0. The van der Waals surface area contributed by atoms with Gasteiger partial charge in [-0.05, 0) is 25.0 Å². The van der Waals surface area contributed by atoms with Crippen LogP contribution in [0.1, 0.15) is 37.3 Å². The molecule has 1 aliphatic rings. The van der Waals surface area contributed by atoms with E-state index in [9.17, 15) is 4.39 Å². The molecule has 2 heterocycles. The van der Waals surface area contributed by atoms with Gasteiger partial charge >= 0.3 is 0 Å². The minimum atomic E-state index is -0.372. The van der Waals surface area contributed by atoms with Gasteiger partial charge in [-0.2, -0.15) is 0 Å². The first kappa shape index (κ1) is 12.0. The molecule has 0 spiro atoms. The summed E-state index contributed by atoms with van der Waals surface area (Å²) in [7, 11) is 0. The first-order valence-corrected chi connectivity index (χ1v) is 6.49. The number of pyridine rings is 1. The highest BCUT2D eigenvalue weighted by molar-refractivity contribution is 5.52. The van der Waals surface area contributed by atoms with Crippen LogP contribution in [-0.2, 0) is 0 Å². The minimum absolute atomic E-state index is 0.372. The van der Waals surface area contributed by atoms with Crippen LogP contribution in [-0.4, -0.2) is 15.0 Å². The van der Waals surface area contributed by atoms with Gasteiger partial charge in [0.15, 0.2) is 5.82 Å². The summed E-state index contributed by atoms with van der Waals surface area (Å²) in [5.74, 6) is 1.01. The van der Waals surface area contributed by atoms with Crippen molar-refractivity contribution >= 4 is 5.82 Å². The zero-order chi connectivity index (χ0) is 13.2. The van der Waals surface area contributed by atoms with E-state index in [1.165, 1.54) is 18.9 Å². The van der Waals surface area contributed by atoms with Crippen LogP contribution in [0.15, 0.2) is 24.4 Å². The SMILES string of the molecule is Nc1cc(C2CCCC2)nc(-c2ccc(F)cn2)n1. The summed E-state index contributed by atoms with van der Waals surface area (Å²) >= 11 is 0. The molecule has 2 aromatic rings. The Morgan fingerprint density at radius 1 is 1.16 bits per heavy atom. The van der Waals surface area contributed by atoms with Gasteiger partial charge in [-0.3, -0.25) is 0 Å². The van der Waals surface area contributed by atoms with Gasteiger partial charge in [0, 0.05) is 17.7 Å². The lowest BCUT2D eigenvalue weighted by molar-refractivity contribution is 0.621. The predicted molar refractivity (Wildman–Crippen MR) is 70.8 cm³/mol. The quantitative estimate of drug-likeness (QED) is 0.899. The van der Waals surface area contributed by atoms with Crippen LogP contribution in [0.3, 0.4) is 0 Å². The van der Waals surface area contributed by atoms with E-state index in [1.807, 2.05) is 6.07 Å². The maximum absolute atomic E-state index is 12.9. The summed E-state index contributed by atoms with van der Waals surface area (Å²) < 4.78 is 12.9. The molecule has 19 heavy (non-hydrogen) atoms. The largest absolute Gasteiger partial charge is 0.384 e. The molecule has 2 N–H and O–H groups in total. The number of nitrogens with two attached hydrogens (primary N) is 1. The lowest BCUT2D eigenvalue weighted by atomic mass is 10.0. The van der Waals surface area contributed by atoms with E-state index in [-0.39, 0.29) is 5.82 Å². The Bertz CT molecular complexity index is 576. The molecule has 0 saturated heterocycles. The molecule has 2 aromatic heterocycles. The van der Waals surface area contributed by atoms with Crippen LogP contribution in [0.25, 0.3) is 11.5 Å². The average molecular weight is 258 g/mol. The van der Waals surface area contributed by atoms with Gasteiger partial charge in [0.2, 0.25) is 0 Å². The topological polar surface area (TPSA) is 64.7 Å². The Balaban J connectivity index is 1.99. The average Bonchev–Trinajstić information content (AvgIpc) is 2.93. The standard InChI is InChI=1S/C14H15FN4/c15-10-5-6-11(17-8-10)14-18-12(7-13(16)19-14)9-3-1-2-4-9/h5-9H,1-4H2,(H2,16,18,19). The highest BCUT2D eigenvalue weighted by Crippen LogP contribution is 2.34. The molecule has 1 fully saturated rings. The Labute approximate surface area is 110 Å².